The SMILES string of the molecule is CCN(CC)c1ccc2cc(/C=C/C3=CC(=C(\C#N)c4nc5ccccc5[nH]4)/C=C(/C=C/c4cc5cc6c7c(c5oc4=O)C(C)(C)CCN7CCC6(C)C)O3)c(=O)oc2c1. The topological polar surface area (TPSA) is 129 Å². The zero-order chi connectivity index (χ0) is 41.9. The summed E-state index contributed by atoms with van der Waals surface area (Å²) in [7, 11) is 0. The van der Waals surface area contributed by atoms with E-state index in [1.54, 1.807) is 42.5 Å². The molecule has 6 aromatic rings. The Hall–Kier alpha value is -6.86. The first-order valence-electron chi connectivity index (χ1n) is 20.7. The number of para-hydroxylation sites is 2. The van der Waals surface area contributed by atoms with Crippen molar-refractivity contribution in [2.24, 2.45) is 0 Å². The lowest BCUT2D eigenvalue weighted by Gasteiger charge is -2.48. The zero-order valence-corrected chi connectivity index (χ0v) is 34.8. The van der Waals surface area contributed by atoms with Gasteiger partial charge >= 0.3 is 11.3 Å². The third kappa shape index (κ3) is 6.84. The maximum atomic E-state index is 13.8. The Labute approximate surface area is 348 Å². The largest absolute Gasteiger partial charge is 0.457 e. The number of hydrogen-bond acceptors (Lipinski definition) is 9. The van der Waals surface area contributed by atoms with E-state index in [0.717, 1.165) is 72.1 Å². The molecule has 302 valence electrons. The summed E-state index contributed by atoms with van der Waals surface area (Å²) in [6.45, 7) is 16.9. The molecule has 0 amide bonds. The number of rotatable bonds is 8. The zero-order valence-electron chi connectivity index (χ0n) is 34.8. The van der Waals surface area contributed by atoms with Crippen LogP contribution in [0.15, 0.2) is 120 Å². The Balaban J connectivity index is 1.11. The molecular weight excluding hydrogens is 751 g/mol. The molecule has 0 saturated carbocycles. The van der Waals surface area contributed by atoms with Crippen LogP contribution in [0.2, 0.25) is 0 Å². The van der Waals surface area contributed by atoms with Crippen molar-refractivity contribution in [3.8, 4) is 6.07 Å². The summed E-state index contributed by atoms with van der Waals surface area (Å²) in [5, 5.41) is 12.2. The molecule has 0 radical (unpaired) electrons. The van der Waals surface area contributed by atoms with Crippen LogP contribution in [-0.2, 0) is 15.6 Å². The van der Waals surface area contributed by atoms with Crippen LogP contribution in [0.3, 0.4) is 0 Å². The standard InChI is InChI=1S/C50H47N5O5/c1-7-54(8-2)35-16-13-30-23-31(47(56)59-42(30)28-35)14-17-36-25-33(38(29-51)46-52-40-11-9-10-12-41(40)53-46)26-37(58-36)18-15-32-24-34-27-39-44-43(45(34)60-48(32)57)50(5,6)20-22-55(44)21-19-49(39,3)4/h9-18,23-28H,7-8,19-22H2,1-6H3,(H,52,53)/b17-14+,18-15+,38-33-. The number of aromatic amines is 1. The number of fused-ring (bicyclic) bond motifs is 4. The number of nitrogens with zero attached hydrogens (tertiary/aromatic N) is 4. The maximum absolute atomic E-state index is 13.8. The summed E-state index contributed by atoms with van der Waals surface area (Å²) < 4.78 is 18.4. The third-order valence-electron chi connectivity index (χ3n) is 12.3. The first-order valence-corrected chi connectivity index (χ1v) is 20.7. The Morgan fingerprint density at radius 2 is 1.52 bits per heavy atom. The summed E-state index contributed by atoms with van der Waals surface area (Å²) in [5.41, 5.74) is 7.65. The smallest absolute Gasteiger partial charge is 0.343 e. The molecule has 3 aromatic heterocycles. The minimum atomic E-state index is -0.490. The van der Waals surface area contributed by atoms with E-state index in [9.17, 15) is 14.9 Å². The van der Waals surface area contributed by atoms with Crippen LogP contribution in [0.25, 0.3) is 50.7 Å². The molecule has 0 bridgehead atoms. The predicted molar refractivity (Wildman–Crippen MR) is 240 cm³/mol. The van der Waals surface area contributed by atoms with Gasteiger partial charge in [-0.3, -0.25) is 0 Å². The predicted octanol–water partition coefficient (Wildman–Crippen LogP) is 10.3. The minimum Gasteiger partial charge on any atom is -0.457 e. The summed E-state index contributed by atoms with van der Waals surface area (Å²) in [5.74, 6) is 1.13. The number of benzene rings is 3. The Morgan fingerprint density at radius 1 is 0.850 bits per heavy atom. The van der Waals surface area contributed by atoms with Crippen LogP contribution in [0.5, 0.6) is 0 Å². The summed E-state index contributed by atoms with van der Waals surface area (Å²) in [4.78, 5) is 39.6. The van der Waals surface area contributed by atoms with Gasteiger partial charge < -0.3 is 28.4 Å². The molecule has 3 aliphatic rings. The number of anilines is 2. The molecule has 0 atom stereocenters. The fraction of sp³-hybridized carbons (Fsp3) is 0.280. The molecule has 0 spiro atoms. The first-order chi connectivity index (χ1) is 28.8. The molecule has 0 unspecified atom stereocenters. The Morgan fingerprint density at radius 3 is 2.20 bits per heavy atom. The van der Waals surface area contributed by atoms with Crippen molar-refractivity contribution in [1.29, 1.82) is 5.26 Å². The van der Waals surface area contributed by atoms with Gasteiger partial charge in [0.25, 0.3) is 0 Å². The molecule has 3 aliphatic heterocycles. The highest BCUT2D eigenvalue weighted by molar-refractivity contribution is 5.92. The van der Waals surface area contributed by atoms with E-state index in [0.29, 0.717) is 50.8 Å². The number of ether oxygens (including phenoxy) is 1. The highest BCUT2D eigenvalue weighted by Gasteiger charge is 2.42. The van der Waals surface area contributed by atoms with Gasteiger partial charge in [-0.05, 0) is 122 Å². The summed E-state index contributed by atoms with van der Waals surface area (Å²) in [6.07, 6.45) is 12.2. The molecule has 10 nitrogen and oxygen atoms in total. The van der Waals surface area contributed by atoms with E-state index in [-0.39, 0.29) is 10.8 Å². The molecule has 3 aromatic carbocycles. The van der Waals surface area contributed by atoms with E-state index in [4.69, 9.17) is 18.6 Å². The maximum Gasteiger partial charge on any atom is 0.343 e. The quantitative estimate of drug-likeness (QED) is 0.118. The summed E-state index contributed by atoms with van der Waals surface area (Å²) in [6, 6.07) is 21.7. The van der Waals surface area contributed by atoms with Crippen LogP contribution in [0.1, 0.15) is 82.5 Å². The van der Waals surface area contributed by atoms with Gasteiger partial charge in [0.1, 0.15) is 40.2 Å². The fourth-order valence-electron chi connectivity index (χ4n) is 8.82. The molecule has 0 saturated heterocycles. The van der Waals surface area contributed by atoms with Gasteiger partial charge in [-0.1, -0.05) is 39.8 Å². The number of imidazole rings is 1. The highest BCUT2D eigenvalue weighted by Crippen LogP contribution is 2.51. The van der Waals surface area contributed by atoms with Gasteiger partial charge in [-0.2, -0.15) is 5.26 Å². The molecule has 6 heterocycles. The molecule has 10 heteroatoms. The molecule has 0 aliphatic carbocycles. The average molecular weight is 798 g/mol. The molecular formula is C50H47N5O5. The number of hydrogen-bond donors (Lipinski definition) is 1. The van der Waals surface area contributed by atoms with Crippen molar-refractivity contribution in [3.63, 3.8) is 0 Å². The molecule has 0 fully saturated rings. The van der Waals surface area contributed by atoms with Gasteiger partial charge in [0, 0.05) is 65.5 Å². The first kappa shape index (κ1) is 38.6. The van der Waals surface area contributed by atoms with Crippen LogP contribution in [-0.4, -0.2) is 36.1 Å². The monoisotopic (exact) mass is 797 g/mol. The van der Waals surface area contributed by atoms with E-state index in [2.05, 4.69) is 68.5 Å². The lowest BCUT2D eigenvalue weighted by atomic mass is 9.69. The fourth-order valence-corrected chi connectivity index (χ4v) is 8.82. The second-order valence-corrected chi connectivity index (χ2v) is 17.1. The number of aromatic nitrogens is 2. The van der Waals surface area contributed by atoms with Crippen molar-refractivity contribution in [1.82, 2.24) is 9.97 Å². The van der Waals surface area contributed by atoms with E-state index < -0.39 is 11.3 Å². The van der Waals surface area contributed by atoms with Crippen molar-refractivity contribution >= 4 is 62.1 Å². The average Bonchev–Trinajstić information content (AvgIpc) is 3.66. The van der Waals surface area contributed by atoms with Crippen LogP contribution in [0, 0.1) is 11.3 Å². The van der Waals surface area contributed by atoms with Crippen molar-refractivity contribution in [2.75, 3.05) is 36.0 Å². The minimum absolute atomic E-state index is 0.0328. The van der Waals surface area contributed by atoms with Gasteiger partial charge in [-0.15, -0.1) is 0 Å². The normalized spacial score (nSPS) is 17.8. The Bertz CT molecular complexity index is 3030. The van der Waals surface area contributed by atoms with E-state index >= 15 is 0 Å². The van der Waals surface area contributed by atoms with Crippen LogP contribution >= 0.6 is 0 Å². The van der Waals surface area contributed by atoms with Crippen LogP contribution in [0.4, 0.5) is 11.4 Å². The molecule has 9 rings (SSSR count). The van der Waals surface area contributed by atoms with E-state index in [1.165, 1.54) is 11.3 Å². The second-order valence-electron chi connectivity index (χ2n) is 17.1. The number of nitrogens with one attached hydrogen (secondary N) is 1. The molecule has 1 N–H and O–H groups in total. The Kier molecular flexibility index (Phi) is 9.50. The van der Waals surface area contributed by atoms with Gasteiger partial charge in [0.15, 0.2) is 0 Å². The van der Waals surface area contributed by atoms with E-state index in [1.807, 2.05) is 48.5 Å². The van der Waals surface area contributed by atoms with Gasteiger partial charge in [0.05, 0.1) is 22.2 Å². The second kappa shape index (κ2) is 14.8. The number of allylic oxidation sites excluding steroid dienone is 6. The number of H-pyrrole nitrogens is 1. The number of nitriles is 1. The van der Waals surface area contributed by atoms with Gasteiger partial charge in [0.2, 0.25) is 0 Å². The van der Waals surface area contributed by atoms with Crippen molar-refractivity contribution in [2.45, 2.75) is 65.2 Å². The lowest BCUT2D eigenvalue weighted by molar-refractivity contribution is 0.332. The van der Waals surface area contributed by atoms with Crippen LogP contribution < -0.4 is 21.1 Å². The van der Waals surface area contributed by atoms with Crippen molar-refractivity contribution < 1.29 is 13.6 Å². The summed E-state index contributed by atoms with van der Waals surface area (Å²) >= 11 is 0. The lowest BCUT2D eigenvalue weighted by Crippen LogP contribution is -2.44. The van der Waals surface area contributed by atoms with Crippen molar-refractivity contribution in [3.05, 3.63) is 151 Å². The molecule has 60 heavy (non-hydrogen) atoms. The highest BCUT2D eigenvalue weighted by atomic mass is 16.5. The van der Waals surface area contributed by atoms with Gasteiger partial charge in [-0.25, -0.2) is 14.6 Å². The third-order valence-corrected chi connectivity index (χ3v) is 12.3.